The van der Waals surface area contributed by atoms with Crippen molar-refractivity contribution in [1.82, 2.24) is 0 Å². The molecule has 4 bridgehead atoms. The molecule has 6 atom stereocenters. The molecule has 0 saturated carbocycles. The van der Waals surface area contributed by atoms with Gasteiger partial charge in [0.05, 0.1) is 0 Å². The lowest BCUT2D eigenvalue weighted by atomic mass is 9.70. The number of fused-ring (bicyclic) bond motifs is 8. The summed E-state index contributed by atoms with van der Waals surface area (Å²) in [4.78, 5) is 24.1. The Kier molecular flexibility index (Phi) is 6.34. The molecular formula is C28H36O6. The molecule has 0 aliphatic carbocycles. The summed E-state index contributed by atoms with van der Waals surface area (Å²) in [7, 11) is 0. The highest BCUT2D eigenvalue weighted by Gasteiger charge is 2.50. The highest BCUT2D eigenvalue weighted by molar-refractivity contribution is 5.36. The van der Waals surface area contributed by atoms with E-state index in [9.17, 15) is 0 Å². The van der Waals surface area contributed by atoms with Crippen molar-refractivity contribution in [2.24, 2.45) is 10.8 Å². The Morgan fingerprint density at radius 1 is 0.559 bits per heavy atom. The van der Waals surface area contributed by atoms with Crippen molar-refractivity contribution in [2.75, 3.05) is 0 Å². The fourth-order valence-corrected chi connectivity index (χ4v) is 5.39. The van der Waals surface area contributed by atoms with E-state index in [-0.39, 0.29) is 22.7 Å². The summed E-state index contributed by atoms with van der Waals surface area (Å²) >= 11 is 0. The largest absolute Gasteiger partial charge is 0.313 e. The fourth-order valence-electron chi connectivity index (χ4n) is 5.39. The zero-order chi connectivity index (χ0) is 24.1. The van der Waals surface area contributed by atoms with E-state index in [4.69, 9.17) is 29.0 Å². The molecule has 0 aromatic heterocycles. The van der Waals surface area contributed by atoms with Crippen LogP contribution in [0.4, 0.5) is 0 Å². The van der Waals surface area contributed by atoms with Crippen LogP contribution in [0.2, 0.25) is 0 Å². The molecule has 34 heavy (non-hydrogen) atoms. The molecular weight excluding hydrogens is 432 g/mol. The van der Waals surface area contributed by atoms with Gasteiger partial charge in [0, 0.05) is 23.0 Å². The van der Waals surface area contributed by atoms with E-state index >= 15 is 0 Å². The number of benzene rings is 2. The molecule has 3 aliphatic rings. The lowest BCUT2D eigenvalue weighted by Gasteiger charge is -2.47. The Hall–Kier alpha value is -1.80. The summed E-state index contributed by atoms with van der Waals surface area (Å²) in [6.07, 6.45) is -0.995. The van der Waals surface area contributed by atoms with E-state index in [0.29, 0.717) is 0 Å². The molecule has 6 heteroatoms. The third kappa shape index (κ3) is 4.00. The van der Waals surface area contributed by atoms with Gasteiger partial charge in [0.25, 0.3) is 0 Å². The Morgan fingerprint density at radius 3 is 1.26 bits per heavy atom. The van der Waals surface area contributed by atoms with E-state index in [1.807, 2.05) is 36.4 Å². The van der Waals surface area contributed by atoms with Crippen LogP contribution in [-0.2, 0) is 29.0 Å². The van der Waals surface area contributed by atoms with Crippen LogP contribution in [0.25, 0.3) is 0 Å². The van der Waals surface area contributed by atoms with Crippen LogP contribution >= 0.6 is 0 Å². The fraction of sp³-hybridized carbons (Fsp3) is 0.571. The highest BCUT2D eigenvalue weighted by Crippen LogP contribution is 2.53. The number of hydrogen-bond acceptors (Lipinski definition) is 6. The van der Waals surface area contributed by atoms with Crippen LogP contribution in [-0.4, -0.2) is 12.6 Å². The predicted molar refractivity (Wildman–Crippen MR) is 126 cm³/mol. The van der Waals surface area contributed by atoms with Gasteiger partial charge in [0.1, 0.15) is 0 Å². The van der Waals surface area contributed by atoms with Gasteiger partial charge in [-0.25, -0.2) is 9.78 Å². The summed E-state index contributed by atoms with van der Waals surface area (Å²) in [5.74, 6) is -0.122. The normalized spacial score (nSPS) is 31.4. The maximum absolute atomic E-state index is 6.34. The number of rotatable bonds is 4. The van der Waals surface area contributed by atoms with Gasteiger partial charge in [0.2, 0.25) is 25.2 Å². The average molecular weight is 469 g/mol. The Morgan fingerprint density at radius 2 is 0.912 bits per heavy atom. The van der Waals surface area contributed by atoms with Crippen molar-refractivity contribution < 1.29 is 29.0 Å². The second kappa shape index (κ2) is 9.01. The molecule has 0 unspecified atom stereocenters. The maximum atomic E-state index is 6.34. The van der Waals surface area contributed by atoms with Crippen LogP contribution in [0.3, 0.4) is 0 Å². The molecule has 1 fully saturated rings. The lowest BCUT2D eigenvalue weighted by molar-refractivity contribution is -0.541. The van der Waals surface area contributed by atoms with Gasteiger partial charge in [-0.05, 0) is 22.0 Å². The minimum Gasteiger partial charge on any atom is -0.313 e. The molecule has 0 N–H and O–H groups in total. The third-order valence-electron chi connectivity index (χ3n) is 8.21. The van der Waals surface area contributed by atoms with Gasteiger partial charge in [-0.2, -0.15) is 9.78 Å². The minimum absolute atomic E-state index is 0.0608. The van der Waals surface area contributed by atoms with E-state index in [1.165, 1.54) is 0 Å². The molecule has 2 aromatic carbocycles. The molecule has 0 amide bonds. The first-order valence-electron chi connectivity index (χ1n) is 12.4. The molecule has 5 rings (SSSR count). The highest BCUT2D eigenvalue weighted by atomic mass is 17.3. The van der Waals surface area contributed by atoms with Crippen molar-refractivity contribution in [3.63, 3.8) is 0 Å². The molecule has 0 spiro atoms. The molecule has 2 aromatic rings. The van der Waals surface area contributed by atoms with Gasteiger partial charge in [-0.15, -0.1) is 0 Å². The average Bonchev–Trinajstić information content (AvgIpc) is 2.84. The first-order valence-corrected chi connectivity index (χ1v) is 12.4. The Bertz CT molecular complexity index is 936. The smallest absolute Gasteiger partial charge is 0.220 e. The van der Waals surface area contributed by atoms with Crippen LogP contribution in [0.1, 0.15) is 101 Å². The van der Waals surface area contributed by atoms with Crippen molar-refractivity contribution in [3.8, 4) is 0 Å². The summed E-state index contributed by atoms with van der Waals surface area (Å²) in [5.41, 5.74) is 3.91. The number of ether oxygens (including phenoxy) is 2. The summed E-state index contributed by atoms with van der Waals surface area (Å²) in [6, 6.07) is 16.4. The third-order valence-corrected chi connectivity index (χ3v) is 8.21. The van der Waals surface area contributed by atoms with Crippen LogP contribution in [0.5, 0.6) is 0 Å². The van der Waals surface area contributed by atoms with Gasteiger partial charge in [-0.1, -0.05) is 103 Å². The summed E-state index contributed by atoms with van der Waals surface area (Å²) < 4.78 is 12.7. The molecule has 184 valence electrons. The van der Waals surface area contributed by atoms with E-state index in [1.54, 1.807) is 0 Å². The van der Waals surface area contributed by atoms with Gasteiger partial charge in [-0.3, -0.25) is 0 Å². The topological polar surface area (TPSA) is 55.4 Å². The molecule has 6 nitrogen and oxygen atoms in total. The van der Waals surface area contributed by atoms with Crippen molar-refractivity contribution in [1.29, 1.82) is 0 Å². The maximum Gasteiger partial charge on any atom is 0.220 e. The van der Waals surface area contributed by atoms with Crippen molar-refractivity contribution in [3.05, 3.63) is 70.8 Å². The van der Waals surface area contributed by atoms with Crippen LogP contribution < -0.4 is 0 Å². The molecule has 3 heterocycles. The van der Waals surface area contributed by atoms with Crippen LogP contribution in [0, 0.1) is 10.8 Å². The molecule has 1 saturated heterocycles. The SMILES string of the molecule is CCC(C)(C)[C@H]1c2ccccc2[C@@H]2OO[C@H]3O[C@@H](OO[C@H]1O2)c1ccccc1[C@@H]3C(C)(C)CC. The lowest BCUT2D eigenvalue weighted by Crippen LogP contribution is -2.45. The number of hydrogen-bond donors (Lipinski definition) is 0. The molecule has 3 aliphatic heterocycles. The second-order valence-electron chi connectivity index (χ2n) is 11.0. The van der Waals surface area contributed by atoms with E-state index < -0.39 is 25.2 Å². The van der Waals surface area contributed by atoms with Gasteiger partial charge < -0.3 is 9.47 Å². The zero-order valence-corrected chi connectivity index (χ0v) is 20.9. The quantitative estimate of drug-likeness (QED) is 0.448. The standard InChI is InChI=1S/C28H36O6/c1-7-27(3,4)21-17-13-9-11-15-19(17)23-29-25(21)33-31-24-20-16-12-10-14-18(20)22(28(5,6)8-2)26(30-24)34-32-23/h9-16,21-26H,7-8H2,1-6H3/t21-,22-,23-,24-,25+,26+/m0/s1. The van der Waals surface area contributed by atoms with Crippen LogP contribution in [0.15, 0.2) is 48.5 Å². The second-order valence-corrected chi connectivity index (χ2v) is 11.0. The Balaban J connectivity index is 1.57. The molecule has 0 radical (unpaired) electrons. The monoisotopic (exact) mass is 468 g/mol. The predicted octanol–water partition coefficient (Wildman–Crippen LogP) is 7.05. The van der Waals surface area contributed by atoms with Gasteiger partial charge in [0.15, 0.2) is 0 Å². The van der Waals surface area contributed by atoms with Crippen molar-refractivity contribution in [2.45, 2.75) is 91.4 Å². The van der Waals surface area contributed by atoms with E-state index in [0.717, 1.165) is 35.1 Å². The Labute approximate surface area is 202 Å². The van der Waals surface area contributed by atoms with E-state index in [2.05, 4.69) is 53.7 Å². The minimum atomic E-state index is -0.753. The first kappa shape index (κ1) is 23.9. The summed E-state index contributed by atoms with van der Waals surface area (Å²) in [6.45, 7) is 13.2. The zero-order valence-electron chi connectivity index (χ0n) is 20.9. The van der Waals surface area contributed by atoms with Crippen molar-refractivity contribution >= 4 is 0 Å². The van der Waals surface area contributed by atoms with Gasteiger partial charge >= 0.3 is 0 Å². The first-order chi connectivity index (χ1) is 16.3. The summed E-state index contributed by atoms with van der Waals surface area (Å²) in [5, 5.41) is 0.